The number of aromatic nitrogens is 1. The van der Waals surface area contributed by atoms with E-state index in [0.29, 0.717) is 16.9 Å². The average Bonchev–Trinajstić information content (AvgIpc) is 2.31. The molecule has 1 aromatic heterocycles. The van der Waals surface area contributed by atoms with E-state index < -0.39 is 0 Å². The van der Waals surface area contributed by atoms with Crippen LogP contribution in [0, 0.1) is 0 Å². The van der Waals surface area contributed by atoms with E-state index in [4.69, 9.17) is 27.9 Å². The van der Waals surface area contributed by atoms with Crippen molar-refractivity contribution in [1.82, 2.24) is 4.98 Å². The summed E-state index contributed by atoms with van der Waals surface area (Å²) in [7, 11) is 0. The van der Waals surface area contributed by atoms with Gasteiger partial charge in [0.1, 0.15) is 5.82 Å². The van der Waals surface area contributed by atoms with E-state index in [2.05, 4.69) is 16.8 Å². The van der Waals surface area contributed by atoms with Gasteiger partial charge >= 0.3 is 0 Å². The zero-order chi connectivity index (χ0) is 11.5. The smallest absolute Gasteiger partial charge is 0.129 e. The number of anilines is 1. The standard InChI is InChI=1S/C11H14Cl2N2O/c1-8-7-16-5-4-15(8)11-3-2-9(13)10(6-12)14-11/h2-3,8H,4-7H2,1H3. The Labute approximate surface area is 105 Å². The van der Waals surface area contributed by atoms with Gasteiger partial charge in [-0.3, -0.25) is 0 Å². The summed E-state index contributed by atoms with van der Waals surface area (Å²) in [6.07, 6.45) is 0. The van der Waals surface area contributed by atoms with Gasteiger partial charge in [0.15, 0.2) is 0 Å². The third-order valence-electron chi connectivity index (χ3n) is 2.69. The Morgan fingerprint density at radius 2 is 2.38 bits per heavy atom. The highest BCUT2D eigenvalue weighted by Gasteiger charge is 2.20. The van der Waals surface area contributed by atoms with Crippen LogP contribution in [-0.2, 0) is 10.6 Å². The Morgan fingerprint density at radius 3 is 3.06 bits per heavy atom. The highest BCUT2D eigenvalue weighted by Crippen LogP contribution is 2.23. The molecular formula is C11H14Cl2N2O. The van der Waals surface area contributed by atoms with Crippen LogP contribution in [0.2, 0.25) is 5.02 Å². The number of morpholine rings is 1. The number of hydrogen-bond donors (Lipinski definition) is 0. The quantitative estimate of drug-likeness (QED) is 0.765. The Hall–Kier alpha value is -0.510. The van der Waals surface area contributed by atoms with E-state index in [1.807, 2.05) is 12.1 Å². The van der Waals surface area contributed by atoms with Crippen LogP contribution in [0.1, 0.15) is 12.6 Å². The molecule has 1 aliphatic rings. The maximum Gasteiger partial charge on any atom is 0.129 e. The molecule has 0 spiro atoms. The number of rotatable bonds is 2. The third kappa shape index (κ3) is 2.42. The molecule has 2 heterocycles. The summed E-state index contributed by atoms with van der Waals surface area (Å²) >= 11 is 11.8. The maximum absolute atomic E-state index is 5.98. The SMILES string of the molecule is CC1COCCN1c1ccc(Cl)c(CCl)n1. The summed E-state index contributed by atoms with van der Waals surface area (Å²) in [6.45, 7) is 4.46. The molecule has 88 valence electrons. The van der Waals surface area contributed by atoms with E-state index >= 15 is 0 Å². The van der Waals surface area contributed by atoms with E-state index in [1.165, 1.54) is 0 Å². The van der Waals surface area contributed by atoms with Crippen molar-refractivity contribution in [1.29, 1.82) is 0 Å². The molecule has 3 nitrogen and oxygen atoms in total. The van der Waals surface area contributed by atoms with Crippen molar-refractivity contribution in [3.8, 4) is 0 Å². The van der Waals surface area contributed by atoms with Gasteiger partial charge in [-0.15, -0.1) is 11.6 Å². The number of ether oxygens (including phenoxy) is 1. The summed E-state index contributed by atoms with van der Waals surface area (Å²) in [4.78, 5) is 6.69. The van der Waals surface area contributed by atoms with E-state index in [1.54, 1.807) is 0 Å². The van der Waals surface area contributed by atoms with Crippen LogP contribution < -0.4 is 4.90 Å². The molecule has 16 heavy (non-hydrogen) atoms. The summed E-state index contributed by atoms with van der Waals surface area (Å²) in [6, 6.07) is 4.12. The lowest BCUT2D eigenvalue weighted by Gasteiger charge is -2.34. The number of pyridine rings is 1. The molecule has 1 saturated heterocycles. The molecule has 1 unspecified atom stereocenters. The van der Waals surface area contributed by atoms with Crippen molar-refractivity contribution in [3.63, 3.8) is 0 Å². The molecule has 1 aliphatic heterocycles. The van der Waals surface area contributed by atoms with Crippen LogP contribution in [0.5, 0.6) is 0 Å². The molecule has 1 atom stereocenters. The average molecular weight is 261 g/mol. The van der Waals surface area contributed by atoms with Gasteiger partial charge in [0.2, 0.25) is 0 Å². The van der Waals surface area contributed by atoms with Gasteiger partial charge in [0, 0.05) is 6.54 Å². The predicted octanol–water partition coefficient (Wildman–Crippen LogP) is 2.70. The first-order valence-corrected chi connectivity index (χ1v) is 6.19. The fourth-order valence-corrected chi connectivity index (χ4v) is 2.24. The van der Waals surface area contributed by atoms with E-state index in [9.17, 15) is 0 Å². The second-order valence-electron chi connectivity index (χ2n) is 3.85. The number of nitrogens with zero attached hydrogens (tertiary/aromatic N) is 2. The summed E-state index contributed by atoms with van der Waals surface area (Å²) in [5.41, 5.74) is 0.736. The Balaban J connectivity index is 2.25. The normalized spacial score (nSPS) is 21.2. The van der Waals surface area contributed by atoms with Gasteiger partial charge in [-0.25, -0.2) is 4.98 Å². The van der Waals surface area contributed by atoms with Crippen molar-refractivity contribution >= 4 is 29.0 Å². The lowest BCUT2D eigenvalue weighted by atomic mass is 10.2. The van der Waals surface area contributed by atoms with Crippen molar-refractivity contribution < 1.29 is 4.74 Å². The Morgan fingerprint density at radius 1 is 1.56 bits per heavy atom. The third-order valence-corrected chi connectivity index (χ3v) is 3.29. The Bertz CT molecular complexity index is 373. The molecular weight excluding hydrogens is 247 g/mol. The van der Waals surface area contributed by atoms with Crippen molar-refractivity contribution in [2.24, 2.45) is 0 Å². The molecule has 0 aromatic carbocycles. The zero-order valence-electron chi connectivity index (χ0n) is 9.12. The molecule has 0 amide bonds. The number of hydrogen-bond acceptors (Lipinski definition) is 3. The molecule has 0 saturated carbocycles. The van der Waals surface area contributed by atoms with Crippen LogP contribution in [0.15, 0.2) is 12.1 Å². The second kappa shape index (κ2) is 5.21. The molecule has 1 fully saturated rings. The van der Waals surface area contributed by atoms with Gasteiger partial charge in [-0.2, -0.15) is 0 Å². The highest BCUT2D eigenvalue weighted by molar-refractivity contribution is 6.32. The summed E-state index contributed by atoms with van der Waals surface area (Å²) < 4.78 is 5.39. The molecule has 5 heteroatoms. The molecule has 0 radical (unpaired) electrons. The first-order valence-electron chi connectivity index (χ1n) is 5.28. The summed E-state index contributed by atoms with van der Waals surface area (Å²) in [5.74, 6) is 1.27. The fourth-order valence-electron chi connectivity index (χ4n) is 1.79. The Kier molecular flexibility index (Phi) is 3.90. The van der Waals surface area contributed by atoms with Crippen LogP contribution >= 0.6 is 23.2 Å². The van der Waals surface area contributed by atoms with Crippen LogP contribution in [0.25, 0.3) is 0 Å². The van der Waals surface area contributed by atoms with Crippen LogP contribution in [0.4, 0.5) is 5.82 Å². The van der Waals surface area contributed by atoms with Crippen molar-refractivity contribution in [2.75, 3.05) is 24.7 Å². The first-order chi connectivity index (χ1) is 7.72. The van der Waals surface area contributed by atoms with Gasteiger partial charge in [0.05, 0.1) is 35.9 Å². The molecule has 1 aromatic rings. The van der Waals surface area contributed by atoms with Gasteiger partial charge < -0.3 is 9.64 Å². The number of halogens is 2. The van der Waals surface area contributed by atoms with Crippen molar-refractivity contribution in [3.05, 3.63) is 22.8 Å². The summed E-state index contributed by atoms with van der Waals surface area (Å²) in [5, 5.41) is 0.625. The topological polar surface area (TPSA) is 25.4 Å². The first kappa shape index (κ1) is 12.0. The molecule has 0 aliphatic carbocycles. The van der Waals surface area contributed by atoms with Crippen LogP contribution in [-0.4, -0.2) is 30.8 Å². The van der Waals surface area contributed by atoms with Crippen molar-refractivity contribution in [2.45, 2.75) is 18.8 Å². The van der Waals surface area contributed by atoms with E-state index in [-0.39, 0.29) is 0 Å². The minimum absolute atomic E-state index is 0.339. The second-order valence-corrected chi connectivity index (χ2v) is 4.52. The minimum Gasteiger partial charge on any atom is -0.377 e. The molecule has 0 N–H and O–H groups in total. The monoisotopic (exact) mass is 260 g/mol. The fraction of sp³-hybridized carbons (Fsp3) is 0.545. The predicted molar refractivity (Wildman–Crippen MR) is 66.4 cm³/mol. The largest absolute Gasteiger partial charge is 0.377 e. The van der Waals surface area contributed by atoms with Gasteiger partial charge in [-0.1, -0.05) is 11.6 Å². The number of alkyl halides is 1. The van der Waals surface area contributed by atoms with E-state index in [0.717, 1.165) is 31.3 Å². The van der Waals surface area contributed by atoms with Gasteiger partial charge in [-0.05, 0) is 19.1 Å². The molecule has 0 bridgehead atoms. The van der Waals surface area contributed by atoms with Crippen LogP contribution in [0.3, 0.4) is 0 Å². The lowest BCUT2D eigenvalue weighted by molar-refractivity contribution is 0.0985. The lowest BCUT2D eigenvalue weighted by Crippen LogP contribution is -2.44. The maximum atomic E-state index is 5.98. The highest BCUT2D eigenvalue weighted by atomic mass is 35.5. The molecule has 2 rings (SSSR count). The zero-order valence-corrected chi connectivity index (χ0v) is 10.6. The van der Waals surface area contributed by atoms with Gasteiger partial charge in [0.25, 0.3) is 0 Å². The minimum atomic E-state index is 0.339.